The minimum absolute atomic E-state index is 0.0316. The Morgan fingerprint density at radius 2 is 1.76 bits per heavy atom. The molecule has 12 nitrogen and oxygen atoms in total. The van der Waals surface area contributed by atoms with E-state index in [9.17, 15) is 34.7 Å². The highest BCUT2D eigenvalue weighted by Crippen LogP contribution is 2.34. The molecule has 0 unspecified atom stereocenters. The standard InChI is InChI=1S/C31H35ClFNO11/c1-14(7-8-41-21-6-4-17(32)11-18(21)33)28-20(36)12-23(45-28)44-22-5-3-16(10-19(22)35)9-15(2)31(40)34-24-25(37)27(39)30-29(26(24)38)42-13-43-30/h3-7,9-11,20,23-30,35-39H,8,12-13H2,1-2H3,(H,34,40)/t20-,23+,24+,25-,26+,27+,28+,29-,30+/m0/s1. The monoisotopic (exact) mass is 651 g/mol. The summed E-state index contributed by atoms with van der Waals surface area (Å²) in [5.74, 6) is -1.32. The summed E-state index contributed by atoms with van der Waals surface area (Å²) in [7, 11) is 0. The van der Waals surface area contributed by atoms with E-state index in [1.165, 1.54) is 37.3 Å². The van der Waals surface area contributed by atoms with Gasteiger partial charge in [-0.25, -0.2) is 4.39 Å². The van der Waals surface area contributed by atoms with Crippen LogP contribution in [0.15, 0.2) is 53.6 Å². The molecule has 2 aliphatic heterocycles. The second kappa shape index (κ2) is 14.0. The number of halogens is 2. The molecule has 0 spiro atoms. The predicted molar refractivity (Wildman–Crippen MR) is 157 cm³/mol. The summed E-state index contributed by atoms with van der Waals surface area (Å²) in [6, 6.07) is 7.32. The maximum Gasteiger partial charge on any atom is 0.247 e. The van der Waals surface area contributed by atoms with Crippen molar-refractivity contribution in [1.82, 2.24) is 5.32 Å². The molecule has 3 fully saturated rings. The number of rotatable bonds is 9. The number of phenolic OH excluding ortho intramolecular Hbond substituents is 1. The molecule has 1 amide bonds. The summed E-state index contributed by atoms with van der Waals surface area (Å²) < 4.78 is 41.5. The third kappa shape index (κ3) is 7.42. The molecule has 6 N–H and O–H groups in total. The molecule has 2 aromatic rings. The van der Waals surface area contributed by atoms with Crippen molar-refractivity contribution >= 4 is 23.6 Å². The van der Waals surface area contributed by atoms with E-state index in [-0.39, 0.29) is 47.7 Å². The number of ether oxygens (including phenoxy) is 5. The minimum Gasteiger partial charge on any atom is -0.504 e. The molecular weight excluding hydrogens is 617 g/mol. The lowest BCUT2D eigenvalue weighted by atomic mass is 9.83. The summed E-state index contributed by atoms with van der Waals surface area (Å²) in [5, 5.41) is 55.3. The Morgan fingerprint density at radius 3 is 2.47 bits per heavy atom. The van der Waals surface area contributed by atoms with Gasteiger partial charge < -0.3 is 54.5 Å². The highest BCUT2D eigenvalue weighted by atomic mass is 35.5. The number of aromatic hydroxyl groups is 1. The summed E-state index contributed by atoms with van der Waals surface area (Å²) in [4.78, 5) is 12.9. The molecule has 14 heteroatoms. The summed E-state index contributed by atoms with van der Waals surface area (Å²) in [6.07, 6.45) is -5.18. The fourth-order valence-electron chi connectivity index (χ4n) is 5.49. The molecule has 0 bridgehead atoms. The van der Waals surface area contributed by atoms with Crippen molar-refractivity contribution in [3.8, 4) is 17.2 Å². The number of aliphatic hydroxyl groups is 4. The maximum absolute atomic E-state index is 13.9. The number of phenols is 1. The Balaban J connectivity index is 1.15. The van der Waals surface area contributed by atoms with E-state index in [4.69, 9.17) is 35.3 Å². The van der Waals surface area contributed by atoms with Crippen LogP contribution in [0.25, 0.3) is 6.08 Å². The van der Waals surface area contributed by atoms with E-state index in [0.717, 1.165) is 6.07 Å². The van der Waals surface area contributed by atoms with Crippen LogP contribution < -0.4 is 14.8 Å². The smallest absolute Gasteiger partial charge is 0.247 e. The molecule has 2 saturated heterocycles. The van der Waals surface area contributed by atoms with Gasteiger partial charge in [-0.2, -0.15) is 0 Å². The molecular formula is C31H35ClFNO11. The first-order valence-electron chi connectivity index (χ1n) is 14.3. The highest BCUT2D eigenvalue weighted by Gasteiger charge is 2.53. The maximum atomic E-state index is 13.9. The second-order valence-corrected chi connectivity index (χ2v) is 11.6. The van der Waals surface area contributed by atoms with Gasteiger partial charge in [0.05, 0.1) is 12.1 Å². The van der Waals surface area contributed by atoms with Crippen molar-refractivity contribution in [1.29, 1.82) is 0 Å². The highest BCUT2D eigenvalue weighted by molar-refractivity contribution is 6.30. The largest absolute Gasteiger partial charge is 0.504 e. The third-order valence-electron chi connectivity index (χ3n) is 7.95. The van der Waals surface area contributed by atoms with Crippen molar-refractivity contribution in [3.63, 3.8) is 0 Å². The zero-order chi connectivity index (χ0) is 32.4. The zero-order valence-electron chi connectivity index (χ0n) is 24.4. The Hall–Kier alpha value is -3.27. The van der Waals surface area contributed by atoms with Crippen LogP contribution in [0.5, 0.6) is 17.2 Å². The predicted octanol–water partition coefficient (Wildman–Crippen LogP) is 1.79. The Labute approximate surface area is 263 Å². The van der Waals surface area contributed by atoms with Gasteiger partial charge in [0.1, 0.15) is 50.0 Å². The molecule has 0 radical (unpaired) electrons. The number of nitrogens with one attached hydrogen (secondary N) is 1. The van der Waals surface area contributed by atoms with Crippen LogP contribution in [0.4, 0.5) is 4.39 Å². The lowest BCUT2D eigenvalue weighted by Gasteiger charge is -2.41. The summed E-state index contributed by atoms with van der Waals surface area (Å²) in [5.41, 5.74) is 1.29. The van der Waals surface area contributed by atoms with Crippen LogP contribution in [-0.4, -0.2) is 99.9 Å². The number of carbonyl (C=O) groups excluding carboxylic acids is 1. The first-order chi connectivity index (χ1) is 21.4. The Kier molecular flexibility index (Phi) is 10.3. The van der Waals surface area contributed by atoms with Crippen molar-refractivity contribution in [2.75, 3.05) is 13.4 Å². The fraction of sp³-hybridized carbons (Fsp3) is 0.452. The number of fused-ring (bicyclic) bond motifs is 1. The van der Waals surface area contributed by atoms with Crippen molar-refractivity contribution in [3.05, 3.63) is 70.0 Å². The molecule has 2 heterocycles. The number of amides is 1. The molecule has 0 aromatic heterocycles. The van der Waals surface area contributed by atoms with Gasteiger partial charge in [-0.1, -0.05) is 17.7 Å². The van der Waals surface area contributed by atoms with Crippen LogP contribution in [-0.2, 0) is 19.0 Å². The molecule has 9 atom stereocenters. The quantitative estimate of drug-likeness (QED) is 0.172. The average molecular weight is 652 g/mol. The van der Waals surface area contributed by atoms with Gasteiger partial charge in [-0.3, -0.25) is 4.79 Å². The van der Waals surface area contributed by atoms with Gasteiger partial charge in [-0.15, -0.1) is 0 Å². The van der Waals surface area contributed by atoms with Crippen LogP contribution in [0, 0.1) is 5.82 Å². The minimum atomic E-state index is -1.48. The lowest BCUT2D eigenvalue weighted by molar-refractivity contribution is -0.155. The molecule has 1 aliphatic carbocycles. The van der Waals surface area contributed by atoms with Crippen molar-refractivity contribution in [2.45, 2.75) is 75.3 Å². The molecule has 2 aromatic carbocycles. The van der Waals surface area contributed by atoms with E-state index in [0.29, 0.717) is 11.1 Å². The first-order valence-corrected chi connectivity index (χ1v) is 14.6. The van der Waals surface area contributed by atoms with E-state index < -0.39 is 66.8 Å². The second-order valence-electron chi connectivity index (χ2n) is 11.1. The van der Waals surface area contributed by atoms with Gasteiger partial charge >= 0.3 is 0 Å². The van der Waals surface area contributed by atoms with Gasteiger partial charge in [0.15, 0.2) is 23.1 Å². The lowest BCUT2D eigenvalue weighted by Crippen LogP contribution is -2.67. The van der Waals surface area contributed by atoms with E-state index in [1.807, 2.05) is 0 Å². The van der Waals surface area contributed by atoms with Crippen molar-refractivity contribution < 1.29 is 58.4 Å². The number of carbonyl (C=O) groups is 1. The van der Waals surface area contributed by atoms with E-state index in [2.05, 4.69) is 5.32 Å². The third-order valence-corrected chi connectivity index (χ3v) is 8.19. The fourth-order valence-corrected chi connectivity index (χ4v) is 5.65. The van der Waals surface area contributed by atoms with Crippen LogP contribution in [0.1, 0.15) is 25.8 Å². The molecule has 5 rings (SSSR count). The van der Waals surface area contributed by atoms with E-state index >= 15 is 0 Å². The molecule has 45 heavy (non-hydrogen) atoms. The van der Waals surface area contributed by atoms with Crippen LogP contribution in [0.2, 0.25) is 5.02 Å². The molecule has 244 valence electrons. The molecule has 3 aliphatic rings. The number of hydrogen-bond acceptors (Lipinski definition) is 11. The van der Waals surface area contributed by atoms with Gasteiger partial charge in [0, 0.05) is 17.0 Å². The number of benzene rings is 2. The van der Waals surface area contributed by atoms with Crippen LogP contribution >= 0.6 is 11.6 Å². The topological polar surface area (TPSA) is 176 Å². The van der Waals surface area contributed by atoms with Gasteiger partial charge in [0.25, 0.3) is 0 Å². The Bertz CT molecular complexity index is 1450. The van der Waals surface area contributed by atoms with Gasteiger partial charge in [-0.05, 0) is 67.5 Å². The normalized spacial score (nSPS) is 31.9. The van der Waals surface area contributed by atoms with Crippen LogP contribution in [0.3, 0.4) is 0 Å². The van der Waals surface area contributed by atoms with Crippen molar-refractivity contribution in [2.24, 2.45) is 0 Å². The SMILES string of the molecule is CC(=Cc1ccc(O[C@H]2C[C@H](O)[C@@H](C(C)=CCOc3ccc(Cl)cc3F)O2)c(O)c1)C(=O)N[C@@H]1[C@H](O)[C@@H](O)[C@H]2OCO[C@H]2[C@@H]1O. The average Bonchev–Trinajstić information content (AvgIpc) is 3.63. The zero-order valence-corrected chi connectivity index (χ0v) is 25.1. The van der Waals surface area contributed by atoms with Gasteiger partial charge in [0.2, 0.25) is 12.2 Å². The number of aliphatic hydroxyl groups excluding tert-OH is 4. The number of hydrogen-bond donors (Lipinski definition) is 6. The Morgan fingerprint density at radius 1 is 1.04 bits per heavy atom. The summed E-state index contributed by atoms with van der Waals surface area (Å²) in [6.45, 7) is 3.13. The van der Waals surface area contributed by atoms with E-state index in [1.54, 1.807) is 19.1 Å². The summed E-state index contributed by atoms with van der Waals surface area (Å²) >= 11 is 5.76. The first kappa shape index (κ1) is 33.1. The molecule has 1 saturated carbocycles.